The van der Waals surface area contributed by atoms with Gasteiger partial charge >= 0.3 is 0 Å². The Balaban J connectivity index is 4.53. The van der Waals surface area contributed by atoms with Gasteiger partial charge < -0.3 is 0 Å². The highest BCUT2D eigenvalue weighted by Crippen LogP contribution is 2.36. The van der Waals surface area contributed by atoms with Gasteiger partial charge in [0.25, 0.3) is 0 Å². The van der Waals surface area contributed by atoms with E-state index in [2.05, 4.69) is 27.7 Å². The number of hydrogen-bond donors (Lipinski definition) is 0. The third-order valence-corrected chi connectivity index (χ3v) is 3.91. The topological polar surface area (TPSA) is 19.9 Å². The third-order valence-electron chi connectivity index (χ3n) is 3.91. The van der Waals surface area contributed by atoms with E-state index in [1.54, 1.807) is 0 Å². The molecule has 0 bridgehead atoms. The molecule has 0 spiro atoms. The van der Waals surface area contributed by atoms with Crippen LogP contribution in [0.2, 0.25) is 0 Å². The maximum atomic E-state index is 13.1. The number of rotatable bonds is 11. The highest BCUT2D eigenvalue weighted by molar-refractivity contribution is 4.85. The molecule has 1 heteroatoms. The number of unbranched alkanes of at least 4 members (excludes halogenated alkanes) is 2. The Labute approximate surface area is 109 Å². The Bertz CT molecular complexity index is 167. The molecule has 0 aliphatic carbocycles. The molecule has 0 heterocycles. The van der Waals surface area contributed by atoms with Crippen LogP contribution in [-0.2, 0) is 5.11 Å². The van der Waals surface area contributed by atoms with Crippen molar-refractivity contribution in [2.45, 2.75) is 97.5 Å². The molecule has 0 saturated heterocycles. The first-order valence-electron chi connectivity index (χ1n) is 7.84. The van der Waals surface area contributed by atoms with Gasteiger partial charge in [-0.2, -0.15) is 0 Å². The SMILES string of the molecule is CCCCC(CCC)C([O])(CCC)CCCC. The van der Waals surface area contributed by atoms with Crippen molar-refractivity contribution in [1.29, 1.82) is 0 Å². The minimum absolute atomic E-state index is 0.416. The zero-order chi connectivity index (χ0) is 13.1. The van der Waals surface area contributed by atoms with Crippen LogP contribution < -0.4 is 0 Å². The summed E-state index contributed by atoms with van der Waals surface area (Å²) < 4.78 is 0. The molecule has 0 aromatic heterocycles. The van der Waals surface area contributed by atoms with Gasteiger partial charge in [0.2, 0.25) is 0 Å². The Morgan fingerprint density at radius 3 is 1.88 bits per heavy atom. The normalized spacial score (nSPS) is 16.8. The van der Waals surface area contributed by atoms with Crippen molar-refractivity contribution in [3.05, 3.63) is 0 Å². The van der Waals surface area contributed by atoms with Gasteiger partial charge in [-0.05, 0) is 31.6 Å². The molecule has 0 amide bonds. The van der Waals surface area contributed by atoms with Crippen molar-refractivity contribution in [1.82, 2.24) is 0 Å². The first-order chi connectivity index (χ1) is 8.14. The smallest absolute Gasteiger partial charge is 0.106 e. The lowest BCUT2D eigenvalue weighted by Gasteiger charge is -2.34. The van der Waals surface area contributed by atoms with Gasteiger partial charge in [-0.1, -0.05) is 66.2 Å². The molecule has 0 saturated carbocycles. The average molecular weight is 241 g/mol. The fraction of sp³-hybridized carbons (Fsp3) is 1.00. The first kappa shape index (κ1) is 17.0. The van der Waals surface area contributed by atoms with Crippen LogP contribution in [0.5, 0.6) is 0 Å². The second-order valence-corrected chi connectivity index (χ2v) is 5.55. The van der Waals surface area contributed by atoms with Crippen LogP contribution in [0, 0.1) is 5.92 Å². The van der Waals surface area contributed by atoms with Crippen LogP contribution in [0.25, 0.3) is 0 Å². The summed E-state index contributed by atoms with van der Waals surface area (Å²) in [6.45, 7) is 8.78. The van der Waals surface area contributed by atoms with E-state index in [-0.39, 0.29) is 0 Å². The second-order valence-electron chi connectivity index (χ2n) is 5.55. The van der Waals surface area contributed by atoms with Crippen molar-refractivity contribution in [3.63, 3.8) is 0 Å². The summed E-state index contributed by atoms with van der Waals surface area (Å²) in [6.07, 6.45) is 11.0. The van der Waals surface area contributed by atoms with E-state index in [0.29, 0.717) is 5.92 Å². The van der Waals surface area contributed by atoms with Gasteiger partial charge in [-0.15, -0.1) is 0 Å². The molecule has 17 heavy (non-hydrogen) atoms. The van der Waals surface area contributed by atoms with E-state index in [9.17, 15) is 5.11 Å². The van der Waals surface area contributed by atoms with Gasteiger partial charge in [0, 0.05) is 0 Å². The minimum Gasteiger partial charge on any atom is -0.229 e. The Hall–Kier alpha value is -0.0400. The van der Waals surface area contributed by atoms with Crippen molar-refractivity contribution >= 4 is 0 Å². The van der Waals surface area contributed by atoms with E-state index in [0.717, 1.165) is 51.4 Å². The standard InChI is InChI=1S/C16H33O/c1-5-9-12-15(11-7-3)16(17,13-8-4)14-10-6-2/h15H,5-14H2,1-4H3. The lowest BCUT2D eigenvalue weighted by atomic mass is 9.75. The van der Waals surface area contributed by atoms with Crippen LogP contribution in [0.15, 0.2) is 0 Å². The van der Waals surface area contributed by atoms with E-state index in [4.69, 9.17) is 0 Å². The van der Waals surface area contributed by atoms with Crippen LogP contribution in [0.3, 0.4) is 0 Å². The molecule has 2 unspecified atom stereocenters. The second kappa shape index (κ2) is 9.94. The van der Waals surface area contributed by atoms with Crippen molar-refractivity contribution in [2.24, 2.45) is 5.92 Å². The van der Waals surface area contributed by atoms with E-state index < -0.39 is 5.60 Å². The van der Waals surface area contributed by atoms with Crippen LogP contribution in [0.4, 0.5) is 0 Å². The molecule has 103 valence electrons. The molecule has 0 N–H and O–H groups in total. The zero-order valence-corrected chi connectivity index (χ0v) is 12.6. The molecule has 0 rings (SSSR count). The van der Waals surface area contributed by atoms with Crippen LogP contribution in [0.1, 0.15) is 91.9 Å². The summed E-state index contributed by atoms with van der Waals surface area (Å²) in [5.41, 5.74) is -0.629. The highest BCUT2D eigenvalue weighted by Gasteiger charge is 2.35. The molecular weight excluding hydrogens is 208 g/mol. The highest BCUT2D eigenvalue weighted by atomic mass is 16.3. The average Bonchev–Trinajstić information content (AvgIpc) is 2.32. The van der Waals surface area contributed by atoms with E-state index >= 15 is 0 Å². The van der Waals surface area contributed by atoms with Gasteiger partial charge in [-0.3, -0.25) is 0 Å². The Morgan fingerprint density at radius 1 is 0.765 bits per heavy atom. The van der Waals surface area contributed by atoms with Crippen molar-refractivity contribution in [3.8, 4) is 0 Å². The molecule has 2 atom stereocenters. The molecule has 0 aliphatic heterocycles. The predicted octanol–water partition coefficient (Wildman–Crippen LogP) is 5.75. The summed E-state index contributed by atoms with van der Waals surface area (Å²) in [7, 11) is 0. The minimum atomic E-state index is -0.629. The summed E-state index contributed by atoms with van der Waals surface area (Å²) in [6, 6.07) is 0. The molecular formula is C16H33O. The van der Waals surface area contributed by atoms with Gasteiger partial charge in [0.1, 0.15) is 5.60 Å². The maximum absolute atomic E-state index is 13.1. The first-order valence-corrected chi connectivity index (χ1v) is 7.84. The summed E-state index contributed by atoms with van der Waals surface area (Å²) >= 11 is 0. The number of hydrogen-bond acceptors (Lipinski definition) is 0. The lowest BCUT2D eigenvalue weighted by Crippen LogP contribution is -2.36. The van der Waals surface area contributed by atoms with E-state index in [1.807, 2.05) is 0 Å². The fourth-order valence-corrected chi connectivity index (χ4v) is 2.90. The summed E-state index contributed by atoms with van der Waals surface area (Å²) in [4.78, 5) is 0. The molecule has 0 aliphatic rings. The summed E-state index contributed by atoms with van der Waals surface area (Å²) in [5.74, 6) is 0.416. The molecule has 0 aromatic rings. The lowest BCUT2D eigenvalue weighted by molar-refractivity contribution is -0.0981. The molecule has 0 fully saturated rings. The van der Waals surface area contributed by atoms with Crippen molar-refractivity contribution in [2.75, 3.05) is 0 Å². The zero-order valence-electron chi connectivity index (χ0n) is 12.6. The quantitative estimate of drug-likeness (QED) is 0.439. The molecule has 1 radical (unpaired) electrons. The largest absolute Gasteiger partial charge is 0.229 e. The molecule has 1 nitrogen and oxygen atoms in total. The van der Waals surface area contributed by atoms with Gasteiger partial charge in [-0.25, -0.2) is 5.11 Å². The van der Waals surface area contributed by atoms with Crippen LogP contribution >= 0.6 is 0 Å². The fourth-order valence-electron chi connectivity index (χ4n) is 2.90. The summed E-state index contributed by atoms with van der Waals surface area (Å²) in [5, 5.41) is 13.1. The van der Waals surface area contributed by atoms with Gasteiger partial charge in [0.15, 0.2) is 0 Å². The third kappa shape index (κ3) is 6.45. The maximum Gasteiger partial charge on any atom is 0.106 e. The van der Waals surface area contributed by atoms with Gasteiger partial charge in [0.05, 0.1) is 0 Å². The monoisotopic (exact) mass is 241 g/mol. The molecule has 0 aromatic carbocycles. The predicted molar refractivity (Wildman–Crippen MR) is 75.8 cm³/mol. The van der Waals surface area contributed by atoms with Crippen LogP contribution in [-0.4, -0.2) is 5.60 Å². The Morgan fingerprint density at radius 2 is 1.41 bits per heavy atom. The Kier molecular flexibility index (Phi) is 9.91. The van der Waals surface area contributed by atoms with Crippen molar-refractivity contribution < 1.29 is 5.11 Å². The van der Waals surface area contributed by atoms with E-state index in [1.165, 1.54) is 12.8 Å².